The normalized spacial score (nSPS) is 29.8. The summed E-state index contributed by atoms with van der Waals surface area (Å²) in [4.78, 5) is 2.56. The molecule has 2 heterocycles. The molecule has 2 atom stereocenters. The molecule has 0 aromatic heterocycles. The average molecular weight is 244 g/mol. The van der Waals surface area contributed by atoms with E-state index in [4.69, 9.17) is 14.2 Å². The lowest BCUT2D eigenvalue weighted by Gasteiger charge is -2.35. The minimum atomic E-state index is -0.168. The highest BCUT2D eigenvalue weighted by Gasteiger charge is 2.31. The molecule has 2 aliphatic rings. The third kappa shape index (κ3) is 3.63. The molecule has 0 radical (unpaired) electrons. The topological polar surface area (TPSA) is 43.0 Å². The molecular formula is C12H24N2O3. The van der Waals surface area contributed by atoms with E-state index < -0.39 is 0 Å². The number of hydrogen-bond acceptors (Lipinski definition) is 5. The quantitative estimate of drug-likeness (QED) is 0.669. The highest BCUT2D eigenvalue weighted by Crippen LogP contribution is 2.22. The summed E-state index contributed by atoms with van der Waals surface area (Å²) in [5.41, 5.74) is 0. The minimum Gasteiger partial charge on any atom is -0.374 e. The van der Waals surface area contributed by atoms with Gasteiger partial charge in [0.1, 0.15) is 0 Å². The summed E-state index contributed by atoms with van der Waals surface area (Å²) in [6.45, 7) is 4.76. The van der Waals surface area contributed by atoms with E-state index >= 15 is 0 Å². The van der Waals surface area contributed by atoms with Gasteiger partial charge in [-0.3, -0.25) is 4.90 Å². The zero-order chi connectivity index (χ0) is 12.1. The van der Waals surface area contributed by atoms with Gasteiger partial charge in [0, 0.05) is 39.9 Å². The first kappa shape index (κ1) is 13.2. The molecule has 0 spiro atoms. The molecule has 17 heavy (non-hydrogen) atoms. The van der Waals surface area contributed by atoms with Crippen molar-refractivity contribution in [3.8, 4) is 0 Å². The van der Waals surface area contributed by atoms with Gasteiger partial charge in [-0.2, -0.15) is 0 Å². The number of hydrogen-bond donors (Lipinski definition) is 1. The van der Waals surface area contributed by atoms with Crippen molar-refractivity contribution in [3.63, 3.8) is 0 Å². The van der Waals surface area contributed by atoms with Crippen LogP contribution in [-0.2, 0) is 14.2 Å². The fraction of sp³-hybridized carbons (Fsp3) is 1.00. The zero-order valence-electron chi connectivity index (χ0n) is 10.9. The van der Waals surface area contributed by atoms with Crippen LogP contribution in [0.2, 0.25) is 0 Å². The molecular weight excluding hydrogens is 220 g/mol. The van der Waals surface area contributed by atoms with Crippen molar-refractivity contribution in [2.24, 2.45) is 0 Å². The Kier molecular flexibility index (Phi) is 5.18. The maximum absolute atomic E-state index is 5.86. The van der Waals surface area contributed by atoms with Gasteiger partial charge in [0.2, 0.25) is 0 Å². The van der Waals surface area contributed by atoms with Crippen LogP contribution >= 0.6 is 0 Å². The molecule has 0 aromatic carbocycles. The van der Waals surface area contributed by atoms with Crippen molar-refractivity contribution in [2.75, 3.05) is 47.0 Å². The predicted octanol–water partition coefficient (Wildman–Crippen LogP) is 0.0581. The van der Waals surface area contributed by atoms with Crippen LogP contribution in [0.25, 0.3) is 0 Å². The van der Waals surface area contributed by atoms with Crippen LogP contribution in [0.15, 0.2) is 0 Å². The molecule has 2 fully saturated rings. The molecule has 2 aliphatic heterocycles. The smallest absolute Gasteiger partial charge is 0.169 e. The summed E-state index contributed by atoms with van der Waals surface area (Å²) in [5, 5.41) is 3.34. The summed E-state index contributed by atoms with van der Waals surface area (Å²) in [6, 6.07) is 0.678. The third-order valence-electron chi connectivity index (χ3n) is 3.67. The molecule has 2 unspecified atom stereocenters. The fourth-order valence-corrected chi connectivity index (χ4v) is 2.63. The number of nitrogens with one attached hydrogen (secondary N) is 1. The number of rotatable bonds is 6. The number of ether oxygens (including phenoxy) is 3. The first-order valence-electron chi connectivity index (χ1n) is 6.45. The van der Waals surface area contributed by atoms with Crippen molar-refractivity contribution in [3.05, 3.63) is 0 Å². The van der Waals surface area contributed by atoms with Gasteiger partial charge >= 0.3 is 0 Å². The Labute approximate surface area is 103 Å². The summed E-state index contributed by atoms with van der Waals surface area (Å²) < 4.78 is 16.1. The maximum atomic E-state index is 5.86. The molecule has 0 bridgehead atoms. The van der Waals surface area contributed by atoms with E-state index in [2.05, 4.69) is 10.2 Å². The van der Waals surface area contributed by atoms with E-state index in [9.17, 15) is 0 Å². The maximum Gasteiger partial charge on any atom is 0.169 e. The van der Waals surface area contributed by atoms with Crippen molar-refractivity contribution in [1.82, 2.24) is 10.2 Å². The van der Waals surface area contributed by atoms with Crippen LogP contribution < -0.4 is 5.32 Å². The fourth-order valence-electron chi connectivity index (χ4n) is 2.63. The van der Waals surface area contributed by atoms with Gasteiger partial charge in [-0.15, -0.1) is 0 Å². The van der Waals surface area contributed by atoms with Gasteiger partial charge < -0.3 is 19.5 Å². The first-order chi connectivity index (χ1) is 8.33. The molecule has 0 aromatic rings. The lowest BCUT2D eigenvalue weighted by atomic mass is 10.2. The second kappa shape index (κ2) is 6.66. The monoisotopic (exact) mass is 244 g/mol. The average Bonchev–Trinajstić information content (AvgIpc) is 2.82. The number of morpholine rings is 1. The van der Waals surface area contributed by atoms with E-state index in [-0.39, 0.29) is 6.29 Å². The van der Waals surface area contributed by atoms with Crippen molar-refractivity contribution >= 4 is 0 Å². The van der Waals surface area contributed by atoms with Gasteiger partial charge in [-0.1, -0.05) is 0 Å². The largest absolute Gasteiger partial charge is 0.374 e. The van der Waals surface area contributed by atoms with Crippen molar-refractivity contribution < 1.29 is 14.2 Å². The van der Waals surface area contributed by atoms with E-state index in [1.165, 1.54) is 19.4 Å². The first-order valence-corrected chi connectivity index (χ1v) is 6.45. The Morgan fingerprint density at radius 2 is 2.24 bits per heavy atom. The third-order valence-corrected chi connectivity index (χ3v) is 3.67. The zero-order valence-corrected chi connectivity index (χ0v) is 10.9. The van der Waals surface area contributed by atoms with Crippen LogP contribution in [0.3, 0.4) is 0 Å². The Morgan fingerprint density at radius 1 is 1.41 bits per heavy atom. The van der Waals surface area contributed by atoms with Crippen molar-refractivity contribution in [2.45, 2.75) is 31.3 Å². The van der Waals surface area contributed by atoms with E-state index in [1.54, 1.807) is 14.2 Å². The van der Waals surface area contributed by atoms with Crippen molar-refractivity contribution in [1.29, 1.82) is 0 Å². The SMILES string of the molecule is COC(CNCC1CN2CCCC2CO1)OC. The second-order valence-corrected chi connectivity index (χ2v) is 4.81. The summed E-state index contributed by atoms with van der Waals surface area (Å²) in [5.74, 6) is 0. The Balaban J connectivity index is 1.63. The van der Waals surface area contributed by atoms with E-state index in [0.29, 0.717) is 18.7 Å². The molecule has 5 heteroatoms. The number of nitrogens with zero attached hydrogens (tertiary/aromatic N) is 1. The molecule has 100 valence electrons. The second-order valence-electron chi connectivity index (χ2n) is 4.81. The molecule has 0 amide bonds. The summed E-state index contributed by atoms with van der Waals surface area (Å²) >= 11 is 0. The van der Waals surface area contributed by atoms with Crippen LogP contribution in [0, 0.1) is 0 Å². The standard InChI is InChI=1S/C12H24N2O3/c1-15-12(16-2)7-13-6-11-8-14-5-3-4-10(14)9-17-11/h10-13H,3-9H2,1-2H3. The number of fused-ring (bicyclic) bond motifs is 1. The lowest BCUT2D eigenvalue weighted by Crippen LogP contribution is -2.50. The van der Waals surface area contributed by atoms with Gasteiger partial charge in [0.25, 0.3) is 0 Å². The highest BCUT2D eigenvalue weighted by molar-refractivity contribution is 4.85. The molecule has 0 saturated carbocycles. The van der Waals surface area contributed by atoms with Crippen LogP contribution in [-0.4, -0.2) is 70.3 Å². The number of methoxy groups -OCH3 is 2. The molecule has 5 nitrogen and oxygen atoms in total. The Morgan fingerprint density at radius 3 is 3.00 bits per heavy atom. The molecule has 1 N–H and O–H groups in total. The van der Waals surface area contributed by atoms with Crippen LogP contribution in [0.4, 0.5) is 0 Å². The molecule has 0 aliphatic carbocycles. The molecule has 2 rings (SSSR count). The summed E-state index contributed by atoms with van der Waals surface area (Å²) in [6.07, 6.45) is 2.76. The van der Waals surface area contributed by atoms with Gasteiger partial charge in [-0.25, -0.2) is 0 Å². The Bertz CT molecular complexity index is 224. The predicted molar refractivity (Wildman–Crippen MR) is 65.0 cm³/mol. The van der Waals surface area contributed by atoms with Crippen LogP contribution in [0.1, 0.15) is 12.8 Å². The van der Waals surface area contributed by atoms with Gasteiger partial charge in [-0.05, 0) is 19.4 Å². The van der Waals surface area contributed by atoms with E-state index in [0.717, 1.165) is 19.7 Å². The minimum absolute atomic E-state index is 0.168. The highest BCUT2D eigenvalue weighted by atomic mass is 16.7. The molecule has 2 saturated heterocycles. The van der Waals surface area contributed by atoms with Gasteiger partial charge in [0.05, 0.1) is 12.7 Å². The Hall–Kier alpha value is -0.200. The van der Waals surface area contributed by atoms with Crippen LogP contribution in [0.5, 0.6) is 0 Å². The summed E-state index contributed by atoms with van der Waals surface area (Å²) in [7, 11) is 3.31. The van der Waals surface area contributed by atoms with E-state index in [1.807, 2.05) is 0 Å². The van der Waals surface area contributed by atoms with Gasteiger partial charge in [0.15, 0.2) is 6.29 Å². The lowest BCUT2D eigenvalue weighted by molar-refractivity contribution is -0.102.